The Morgan fingerprint density at radius 1 is 0.968 bits per heavy atom. The Hall–Kier alpha value is -1.94. The second kappa shape index (κ2) is 11.6. The van der Waals surface area contributed by atoms with Crippen molar-refractivity contribution in [3.8, 4) is 0 Å². The molecular weight excluding hydrogens is 386 g/mol. The number of amides is 2. The first-order valence-corrected chi connectivity index (χ1v) is 12.3. The molecule has 2 amide bonds. The van der Waals surface area contributed by atoms with Gasteiger partial charge in [0.25, 0.3) is 0 Å². The fourth-order valence-corrected chi connectivity index (χ4v) is 5.22. The maximum Gasteiger partial charge on any atom is 0.234 e. The summed E-state index contributed by atoms with van der Waals surface area (Å²) < 4.78 is 0. The normalized spacial score (nSPS) is 24.3. The van der Waals surface area contributed by atoms with Crippen LogP contribution in [0, 0.1) is 17.8 Å². The SMILES string of the molecule is CCCCCCC1=C[C@H]([C@H](O)CCCCC)[C@@H]2C(=O)N(Cc3ccccc3)C(=O)[C@@H]2C1. The van der Waals surface area contributed by atoms with Crippen molar-refractivity contribution in [2.75, 3.05) is 0 Å². The number of hydrogen-bond acceptors (Lipinski definition) is 3. The van der Waals surface area contributed by atoms with Gasteiger partial charge in [0.15, 0.2) is 0 Å². The smallest absolute Gasteiger partial charge is 0.234 e. The van der Waals surface area contributed by atoms with Gasteiger partial charge < -0.3 is 5.11 Å². The van der Waals surface area contributed by atoms with Crippen molar-refractivity contribution >= 4 is 11.8 Å². The molecule has 1 fully saturated rings. The number of aliphatic hydroxyl groups excluding tert-OH is 1. The molecule has 4 atom stereocenters. The Kier molecular flexibility index (Phi) is 8.89. The highest BCUT2D eigenvalue weighted by molar-refractivity contribution is 6.05. The van der Waals surface area contributed by atoms with Crippen LogP contribution in [0.15, 0.2) is 42.0 Å². The van der Waals surface area contributed by atoms with E-state index in [-0.39, 0.29) is 23.7 Å². The molecule has 170 valence electrons. The van der Waals surface area contributed by atoms with Gasteiger partial charge in [-0.15, -0.1) is 0 Å². The average Bonchev–Trinajstić information content (AvgIpc) is 3.02. The largest absolute Gasteiger partial charge is 0.392 e. The number of rotatable bonds is 12. The Morgan fingerprint density at radius 2 is 1.68 bits per heavy atom. The molecule has 0 bridgehead atoms. The van der Waals surface area contributed by atoms with Crippen molar-refractivity contribution in [2.24, 2.45) is 17.8 Å². The molecule has 0 unspecified atom stereocenters. The topological polar surface area (TPSA) is 57.6 Å². The van der Waals surface area contributed by atoms with Crippen molar-refractivity contribution in [2.45, 2.75) is 90.7 Å². The van der Waals surface area contributed by atoms with Gasteiger partial charge in [0.1, 0.15) is 0 Å². The van der Waals surface area contributed by atoms with E-state index in [0.717, 1.165) is 37.7 Å². The molecule has 1 aromatic rings. The van der Waals surface area contributed by atoms with Crippen LogP contribution in [0.2, 0.25) is 0 Å². The van der Waals surface area contributed by atoms with Crippen LogP contribution >= 0.6 is 0 Å². The zero-order chi connectivity index (χ0) is 22.2. The van der Waals surface area contributed by atoms with Crippen LogP contribution < -0.4 is 0 Å². The predicted octanol–water partition coefficient (Wildman–Crippen LogP) is 5.65. The molecule has 3 rings (SSSR count). The molecule has 1 saturated heterocycles. The van der Waals surface area contributed by atoms with E-state index in [1.54, 1.807) is 0 Å². The third-order valence-electron chi connectivity index (χ3n) is 6.98. The van der Waals surface area contributed by atoms with Crippen molar-refractivity contribution in [1.82, 2.24) is 4.90 Å². The van der Waals surface area contributed by atoms with Gasteiger partial charge in [0, 0.05) is 5.92 Å². The third kappa shape index (κ3) is 5.85. The van der Waals surface area contributed by atoms with E-state index in [1.807, 2.05) is 30.3 Å². The molecule has 0 radical (unpaired) electrons. The summed E-state index contributed by atoms with van der Waals surface area (Å²) in [5.41, 5.74) is 2.23. The Balaban J connectivity index is 1.78. The van der Waals surface area contributed by atoms with Gasteiger partial charge >= 0.3 is 0 Å². The monoisotopic (exact) mass is 425 g/mol. The second-order valence-electron chi connectivity index (χ2n) is 9.36. The summed E-state index contributed by atoms with van der Waals surface area (Å²) in [6.07, 6.45) is 11.8. The number of imide groups is 1. The molecule has 0 aromatic heterocycles. The summed E-state index contributed by atoms with van der Waals surface area (Å²) in [4.78, 5) is 28.1. The van der Waals surface area contributed by atoms with Gasteiger partial charge in [-0.1, -0.05) is 94.4 Å². The van der Waals surface area contributed by atoms with Crippen LogP contribution in [0.1, 0.15) is 83.6 Å². The minimum atomic E-state index is -0.557. The highest BCUT2D eigenvalue weighted by Gasteiger charge is 2.53. The summed E-state index contributed by atoms with van der Waals surface area (Å²) in [7, 11) is 0. The standard InChI is InChI=1S/C27H39NO3/c1-3-5-7-10-15-21-17-22(24(29)16-9-6-4-2)25-23(18-21)26(30)28(27(25)31)19-20-13-11-8-12-14-20/h8,11-14,17,22-25,29H,3-7,9-10,15-16,18-19H2,1-2H3/t22-,23-,24-,25+/m1/s1. The number of hydrogen-bond donors (Lipinski definition) is 1. The lowest BCUT2D eigenvalue weighted by atomic mass is 9.70. The first-order valence-electron chi connectivity index (χ1n) is 12.3. The molecule has 1 aliphatic carbocycles. The molecule has 4 nitrogen and oxygen atoms in total. The van der Waals surface area contributed by atoms with E-state index in [1.165, 1.54) is 29.7 Å². The van der Waals surface area contributed by atoms with E-state index < -0.39 is 12.0 Å². The summed E-state index contributed by atoms with van der Waals surface area (Å²) in [5, 5.41) is 11.0. The number of likely N-dealkylation sites (tertiary alicyclic amines) is 1. The number of benzene rings is 1. The zero-order valence-corrected chi connectivity index (χ0v) is 19.3. The fourth-order valence-electron chi connectivity index (χ4n) is 5.22. The highest BCUT2D eigenvalue weighted by Crippen LogP contribution is 2.44. The predicted molar refractivity (Wildman–Crippen MR) is 124 cm³/mol. The molecular formula is C27H39NO3. The molecule has 31 heavy (non-hydrogen) atoms. The number of carbonyl (C=O) groups is 2. The molecule has 2 aliphatic rings. The maximum absolute atomic E-state index is 13.4. The van der Waals surface area contributed by atoms with E-state index in [4.69, 9.17) is 0 Å². The number of aliphatic hydroxyl groups is 1. The molecule has 1 heterocycles. The molecule has 1 aromatic carbocycles. The van der Waals surface area contributed by atoms with Crippen LogP contribution in [-0.4, -0.2) is 27.9 Å². The van der Waals surface area contributed by atoms with Gasteiger partial charge in [0.05, 0.1) is 24.5 Å². The lowest BCUT2D eigenvalue weighted by Crippen LogP contribution is -2.37. The van der Waals surface area contributed by atoms with Gasteiger partial charge in [-0.05, 0) is 31.2 Å². The van der Waals surface area contributed by atoms with Gasteiger partial charge in [0.2, 0.25) is 11.8 Å². The minimum absolute atomic E-state index is 0.0521. The number of carbonyl (C=O) groups excluding carboxylic acids is 2. The quantitative estimate of drug-likeness (QED) is 0.268. The molecule has 0 saturated carbocycles. The molecule has 0 spiro atoms. The van der Waals surface area contributed by atoms with Gasteiger partial charge in [-0.2, -0.15) is 0 Å². The van der Waals surface area contributed by atoms with Crippen molar-refractivity contribution in [3.05, 3.63) is 47.5 Å². The second-order valence-corrected chi connectivity index (χ2v) is 9.36. The van der Waals surface area contributed by atoms with Crippen LogP contribution in [0.25, 0.3) is 0 Å². The molecule has 1 N–H and O–H groups in total. The minimum Gasteiger partial charge on any atom is -0.392 e. The number of unbranched alkanes of at least 4 members (excludes halogenated alkanes) is 5. The van der Waals surface area contributed by atoms with Crippen molar-refractivity contribution in [3.63, 3.8) is 0 Å². The van der Waals surface area contributed by atoms with Crippen LogP contribution in [-0.2, 0) is 16.1 Å². The fraction of sp³-hybridized carbons (Fsp3) is 0.630. The van der Waals surface area contributed by atoms with Gasteiger partial charge in [-0.3, -0.25) is 14.5 Å². The lowest BCUT2D eigenvalue weighted by Gasteiger charge is -2.33. The van der Waals surface area contributed by atoms with Gasteiger partial charge in [-0.25, -0.2) is 0 Å². The zero-order valence-electron chi connectivity index (χ0n) is 19.3. The van der Waals surface area contributed by atoms with Crippen molar-refractivity contribution < 1.29 is 14.7 Å². The highest BCUT2D eigenvalue weighted by atomic mass is 16.3. The number of fused-ring (bicyclic) bond motifs is 1. The number of nitrogens with zero attached hydrogens (tertiary/aromatic N) is 1. The van der Waals surface area contributed by atoms with Crippen LogP contribution in [0.4, 0.5) is 0 Å². The Bertz CT molecular complexity index is 757. The summed E-state index contributed by atoms with van der Waals surface area (Å²) in [5.74, 6) is -1.11. The summed E-state index contributed by atoms with van der Waals surface area (Å²) in [6.45, 7) is 4.69. The van der Waals surface area contributed by atoms with Crippen molar-refractivity contribution in [1.29, 1.82) is 0 Å². The first-order chi connectivity index (χ1) is 15.1. The molecule has 1 aliphatic heterocycles. The van der Waals surface area contributed by atoms with E-state index in [9.17, 15) is 14.7 Å². The Labute approximate surface area is 187 Å². The first kappa shape index (κ1) is 23.7. The lowest BCUT2D eigenvalue weighted by molar-refractivity contribution is -0.141. The maximum atomic E-state index is 13.4. The van der Waals surface area contributed by atoms with E-state index in [0.29, 0.717) is 19.4 Å². The summed E-state index contributed by atoms with van der Waals surface area (Å²) in [6, 6.07) is 9.72. The molecule has 4 heteroatoms. The number of allylic oxidation sites excluding steroid dienone is 1. The summed E-state index contributed by atoms with van der Waals surface area (Å²) >= 11 is 0. The average molecular weight is 426 g/mol. The van der Waals surface area contributed by atoms with E-state index >= 15 is 0 Å². The van der Waals surface area contributed by atoms with Crippen LogP contribution in [0.5, 0.6) is 0 Å². The van der Waals surface area contributed by atoms with Crippen LogP contribution in [0.3, 0.4) is 0 Å². The third-order valence-corrected chi connectivity index (χ3v) is 6.98. The van der Waals surface area contributed by atoms with E-state index in [2.05, 4.69) is 19.9 Å². The Morgan fingerprint density at radius 3 is 2.39 bits per heavy atom.